The Kier molecular flexibility index (Phi) is 6.52. The first-order valence-corrected chi connectivity index (χ1v) is 12.8. The van der Waals surface area contributed by atoms with Crippen LogP contribution < -0.4 is 15.0 Å². The third-order valence-electron chi connectivity index (χ3n) is 6.67. The highest BCUT2D eigenvalue weighted by atomic mass is 32.1. The molecule has 3 aromatic carbocycles. The first-order chi connectivity index (χ1) is 19.1. The molecule has 1 fully saturated rings. The Bertz CT molecular complexity index is 1600. The summed E-state index contributed by atoms with van der Waals surface area (Å²) in [6, 6.07) is 33.8. The van der Waals surface area contributed by atoms with E-state index < -0.39 is 5.97 Å². The Balaban J connectivity index is 1.39. The van der Waals surface area contributed by atoms with E-state index in [9.17, 15) is 9.90 Å². The van der Waals surface area contributed by atoms with Gasteiger partial charge in [0.1, 0.15) is 17.5 Å². The van der Waals surface area contributed by atoms with Gasteiger partial charge in [-0.2, -0.15) is 0 Å². The number of para-hydroxylation sites is 1. The molecule has 0 unspecified atom stereocenters. The van der Waals surface area contributed by atoms with Gasteiger partial charge < -0.3 is 24.6 Å². The number of aromatic carboxylic acids is 1. The van der Waals surface area contributed by atoms with E-state index in [1.807, 2.05) is 97.2 Å². The molecule has 39 heavy (non-hydrogen) atoms. The van der Waals surface area contributed by atoms with Crippen molar-refractivity contribution in [3.63, 3.8) is 0 Å². The monoisotopic (exact) mass is 532 g/mol. The highest BCUT2D eigenvalue weighted by Crippen LogP contribution is 2.42. The van der Waals surface area contributed by atoms with E-state index in [1.165, 1.54) is 0 Å². The molecule has 2 atom stereocenters. The van der Waals surface area contributed by atoms with Crippen molar-refractivity contribution >= 4 is 29.0 Å². The molecule has 192 valence electrons. The molecule has 7 nitrogen and oxygen atoms in total. The number of hydrogen-bond acceptors (Lipinski definition) is 4. The van der Waals surface area contributed by atoms with Gasteiger partial charge in [-0.15, -0.1) is 0 Å². The molecule has 0 bridgehead atoms. The number of carboxylic acids is 1. The zero-order valence-corrected chi connectivity index (χ0v) is 21.5. The highest BCUT2D eigenvalue weighted by molar-refractivity contribution is 7.80. The number of hydrogen-bond donors (Lipinski definition) is 2. The molecule has 2 aromatic heterocycles. The highest BCUT2D eigenvalue weighted by Gasteiger charge is 2.42. The van der Waals surface area contributed by atoms with Gasteiger partial charge >= 0.3 is 5.97 Å². The second kappa shape index (κ2) is 10.4. The molecule has 0 amide bonds. The molecule has 6 rings (SSSR count). The first-order valence-electron chi connectivity index (χ1n) is 12.4. The van der Waals surface area contributed by atoms with Crippen LogP contribution in [0.1, 0.15) is 33.8 Å². The van der Waals surface area contributed by atoms with Crippen molar-refractivity contribution in [2.75, 3.05) is 4.90 Å². The minimum absolute atomic E-state index is 0.217. The summed E-state index contributed by atoms with van der Waals surface area (Å²) in [6.07, 6.45) is 3.75. The zero-order chi connectivity index (χ0) is 26.8. The molecular weight excluding hydrogens is 508 g/mol. The average Bonchev–Trinajstić information content (AvgIpc) is 3.59. The lowest BCUT2D eigenvalue weighted by Gasteiger charge is -2.29. The van der Waals surface area contributed by atoms with Crippen LogP contribution in [0.15, 0.2) is 122 Å². The molecule has 3 heterocycles. The van der Waals surface area contributed by atoms with Gasteiger partial charge in [0.05, 0.1) is 17.3 Å². The predicted octanol–water partition coefficient (Wildman–Crippen LogP) is 6.54. The van der Waals surface area contributed by atoms with Crippen molar-refractivity contribution in [2.24, 2.45) is 0 Å². The minimum atomic E-state index is -0.958. The number of ether oxygens (including phenoxy) is 1. The maximum Gasteiger partial charge on any atom is 0.335 e. The van der Waals surface area contributed by atoms with Crippen LogP contribution in [0.2, 0.25) is 0 Å². The van der Waals surface area contributed by atoms with Crippen molar-refractivity contribution in [3.8, 4) is 17.2 Å². The summed E-state index contributed by atoms with van der Waals surface area (Å²) in [5.41, 5.74) is 3.84. The fourth-order valence-corrected chi connectivity index (χ4v) is 5.21. The Morgan fingerprint density at radius 1 is 0.821 bits per heavy atom. The molecule has 0 radical (unpaired) electrons. The van der Waals surface area contributed by atoms with E-state index in [1.54, 1.807) is 18.3 Å². The second-order valence-corrected chi connectivity index (χ2v) is 9.45. The van der Waals surface area contributed by atoms with Crippen molar-refractivity contribution in [3.05, 3.63) is 139 Å². The smallest absolute Gasteiger partial charge is 0.335 e. The third-order valence-corrected chi connectivity index (χ3v) is 6.98. The lowest BCUT2D eigenvalue weighted by atomic mass is 10.0. The van der Waals surface area contributed by atoms with Gasteiger partial charge in [0.2, 0.25) is 0 Å². The molecule has 0 saturated carbocycles. The topological polar surface area (TPSA) is 79.6 Å². The predicted molar refractivity (Wildman–Crippen MR) is 154 cm³/mol. The van der Waals surface area contributed by atoms with Crippen LogP contribution in [0.4, 0.5) is 5.69 Å². The molecule has 0 aliphatic carbocycles. The van der Waals surface area contributed by atoms with Crippen LogP contribution in [-0.2, 0) is 0 Å². The number of pyridine rings is 1. The van der Waals surface area contributed by atoms with E-state index in [0.717, 1.165) is 34.3 Å². The molecule has 1 aliphatic rings. The summed E-state index contributed by atoms with van der Waals surface area (Å²) in [7, 11) is 0. The van der Waals surface area contributed by atoms with Crippen molar-refractivity contribution in [2.45, 2.75) is 12.1 Å². The maximum absolute atomic E-state index is 11.4. The number of anilines is 1. The van der Waals surface area contributed by atoms with Crippen LogP contribution >= 0.6 is 12.2 Å². The van der Waals surface area contributed by atoms with Gasteiger partial charge in [0.25, 0.3) is 0 Å². The number of nitrogens with zero attached hydrogens (tertiary/aromatic N) is 3. The van der Waals surface area contributed by atoms with Gasteiger partial charge in [0, 0.05) is 29.5 Å². The van der Waals surface area contributed by atoms with E-state index in [4.69, 9.17) is 17.0 Å². The van der Waals surface area contributed by atoms with Gasteiger partial charge in [-0.25, -0.2) is 4.79 Å². The quantitative estimate of drug-likeness (QED) is 0.230. The lowest BCUT2D eigenvalue weighted by Crippen LogP contribution is -2.30. The Morgan fingerprint density at radius 2 is 1.51 bits per heavy atom. The lowest BCUT2D eigenvalue weighted by molar-refractivity contribution is 0.0697. The van der Waals surface area contributed by atoms with E-state index in [-0.39, 0.29) is 17.6 Å². The maximum atomic E-state index is 11.4. The summed E-state index contributed by atoms with van der Waals surface area (Å²) in [4.78, 5) is 18.1. The first kappa shape index (κ1) is 24.4. The number of thiocarbonyl (C=S) groups is 1. The van der Waals surface area contributed by atoms with Crippen LogP contribution in [0.3, 0.4) is 0 Å². The minimum Gasteiger partial charge on any atom is -0.478 e. The number of carboxylic acid groups (broad SMARTS) is 1. The molecule has 5 aromatic rings. The van der Waals surface area contributed by atoms with Crippen LogP contribution in [0.5, 0.6) is 11.5 Å². The van der Waals surface area contributed by atoms with Gasteiger partial charge in [-0.3, -0.25) is 4.98 Å². The summed E-state index contributed by atoms with van der Waals surface area (Å²) in [5, 5.41) is 13.4. The molecule has 2 N–H and O–H groups in total. The summed E-state index contributed by atoms with van der Waals surface area (Å²) >= 11 is 5.88. The van der Waals surface area contributed by atoms with Crippen molar-refractivity contribution in [1.82, 2.24) is 14.9 Å². The second-order valence-electron chi connectivity index (χ2n) is 9.06. The van der Waals surface area contributed by atoms with Crippen molar-refractivity contribution in [1.29, 1.82) is 0 Å². The number of benzene rings is 3. The van der Waals surface area contributed by atoms with Crippen molar-refractivity contribution < 1.29 is 14.6 Å². The Labute approximate surface area is 230 Å². The zero-order valence-electron chi connectivity index (χ0n) is 20.7. The van der Waals surface area contributed by atoms with Gasteiger partial charge in [-0.1, -0.05) is 24.3 Å². The summed E-state index contributed by atoms with van der Waals surface area (Å²) in [6.45, 7) is 0. The number of rotatable bonds is 7. The number of aromatic nitrogens is 2. The van der Waals surface area contributed by atoms with Gasteiger partial charge in [-0.05, 0) is 97.1 Å². The molecule has 1 aliphatic heterocycles. The van der Waals surface area contributed by atoms with Crippen LogP contribution in [0.25, 0.3) is 5.69 Å². The average molecular weight is 533 g/mol. The summed E-state index contributed by atoms with van der Waals surface area (Å²) < 4.78 is 8.05. The van der Waals surface area contributed by atoms with Crippen LogP contribution in [0, 0.1) is 0 Å². The van der Waals surface area contributed by atoms with E-state index in [2.05, 4.69) is 25.8 Å². The van der Waals surface area contributed by atoms with Crippen LogP contribution in [-0.4, -0.2) is 25.7 Å². The standard InChI is InChI=1S/C31H24N4O3S/c36-30(37)21-11-13-22(14-12-21)34-20-6-10-27(34)29-28(26-9-4-5-19-32-26)33-31(39)35(29)23-15-17-25(18-16-23)38-24-7-2-1-3-8-24/h1-20,28-29H,(H,33,39)(H,36,37)/t28-,29-/m0/s1. The normalized spacial score (nSPS) is 16.6. The fourth-order valence-electron chi connectivity index (χ4n) is 4.87. The Morgan fingerprint density at radius 3 is 2.21 bits per heavy atom. The number of nitrogens with one attached hydrogen (secondary N) is 1. The third kappa shape index (κ3) is 4.85. The SMILES string of the molecule is O=C(O)c1ccc(-n2cccc2[C@H]2[C@H](c3ccccn3)NC(=S)N2c2ccc(Oc3ccccc3)cc2)cc1. The largest absolute Gasteiger partial charge is 0.478 e. The molecule has 1 saturated heterocycles. The number of carbonyl (C=O) groups is 1. The van der Waals surface area contributed by atoms with Gasteiger partial charge in [0.15, 0.2) is 5.11 Å². The van der Waals surface area contributed by atoms with E-state index >= 15 is 0 Å². The molecular formula is C31H24N4O3S. The Hall–Kier alpha value is -4.95. The van der Waals surface area contributed by atoms with E-state index in [0.29, 0.717) is 5.11 Å². The molecule has 0 spiro atoms. The fraction of sp³-hybridized carbons (Fsp3) is 0.0645. The molecule has 8 heteroatoms. The summed E-state index contributed by atoms with van der Waals surface area (Å²) in [5.74, 6) is 0.534.